The molecule has 2 aromatic carbocycles. The molecular weight excluding hydrogens is 292 g/mol. The molecule has 23 heavy (non-hydrogen) atoms. The van der Waals surface area contributed by atoms with Gasteiger partial charge in [0.1, 0.15) is 5.75 Å². The third-order valence-corrected chi connectivity index (χ3v) is 3.25. The minimum atomic E-state index is -0.610. The summed E-state index contributed by atoms with van der Waals surface area (Å²) in [7, 11) is 0. The SMILES string of the molecule is Cc1cccc(/C(N)=N/OC(=O)COc2cc(C)ccc2C)c1. The monoisotopic (exact) mass is 312 g/mol. The maximum atomic E-state index is 11.7. The fraction of sp³-hybridized carbons (Fsp3) is 0.222. The molecule has 0 bridgehead atoms. The molecule has 0 fully saturated rings. The number of hydrogen-bond donors (Lipinski definition) is 1. The van der Waals surface area contributed by atoms with Crippen molar-refractivity contribution < 1.29 is 14.4 Å². The molecule has 0 aliphatic rings. The van der Waals surface area contributed by atoms with Crippen LogP contribution < -0.4 is 10.5 Å². The standard InChI is InChI=1S/C18H20N2O3/c1-12-5-4-6-15(9-12)18(19)20-23-17(21)11-22-16-10-13(2)7-8-14(16)3/h4-10H,11H2,1-3H3,(H2,19,20). The summed E-state index contributed by atoms with van der Waals surface area (Å²) >= 11 is 0. The zero-order valence-corrected chi connectivity index (χ0v) is 13.5. The number of carbonyl (C=O) groups excluding carboxylic acids is 1. The number of nitrogens with zero attached hydrogens (tertiary/aromatic N) is 1. The Morgan fingerprint density at radius 2 is 1.83 bits per heavy atom. The van der Waals surface area contributed by atoms with E-state index in [1.54, 1.807) is 6.07 Å². The normalized spacial score (nSPS) is 11.2. The van der Waals surface area contributed by atoms with Crippen molar-refractivity contribution in [3.8, 4) is 5.75 Å². The molecule has 0 aliphatic heterocycles. The largest absolute Gasteiger partial charge is 0.482 e. The molecule has 0 saturated heterocycles. The summed E-state index contributed by atoms with van der Waals surface area (Å²) in [5.41, 5.74) is 9.55. The lowest BCUT2D eigenvalue weighted by atomic mass is 10.1. The summed E-state index contributed by atoms with van der Waals surface area (Å²) in [6.45, 7) is 5.58. The van der Waals surface area contributed by atoms with E-state index in [4.69, 9.17) is 15.3 Å². The van der Waals surface area contributed by atoms with Gasteiger partial charge < -0.3 is 15.3 Å². The Morgan fingerprint density at radius 1 is 1.09 bits per heavy atom. The Kier molecular flexibility index (Phi) is 5.36. The average molecular weight is 312 g/mol. The molecule has 0 spiro atoms. The summed E-state index contributed by atoms with van der Waals surface area (Å²) in [5, 5.41) is 3.65. The van der Waals surface area contributed by atoms with E-state index in [9.17, 15) is 4.79 Å². The van der Waals surface area contributed by atoms with Gasteiger partial charge in [0.05, 0.1) is 0 Å². The quantitative estimate of drug-likeness (QED) is 0.399. The molecule has 0 aliphatic carbocycles. The lowest BCUT2D eigenvalue weighted by molar-refractivity contribution is -0.146. The van der Waals surface area contributed by atoms with Crippen molar-refractivity contribution in [3.05, 3.63) is 64.7 Å². The van der Waals surface area contributed by atoms with Crippen LogP contribution in [0.4, 0.5) is 0 Å². The zero-order valence-electron chi connectivity index (χ0n) is 13.5. The van der Waals surface area contributed by atoms with Gasteiger partial charge in [-0.1, -0.05) is 41.1 Å². The first kappa shape index (κ1) is 16.5. The van der Waals surface area contributed by atoms with Crippen LogP contribution >= 0.6 is 0 Å². The lowest BCUT2D eigenvalue weighted by Gasteiger charge is -2.08. The molecule has 2 aromatic rings. The fourth-order valence-electron chi connectivity index (χ4n) is 1.98. The first-order valence-electron chi connectivity index (χ1n) is 7.26. The number of aryl methyl sites for hydroxylation is 3. The summed E-state index contributed by atoms with van der Waals surface area (Å²) in [6.07, 6.45) is 0. The van der Waals surface area contributed by atoms with Crippen LogP contribution in [0.25, 0.3) is 0 Å². The van der Waals surface area contributed by atoms with Crippen LogP contribution in [0.15, 0.2) is 47.6 Å². The number of oxime groups is 1. The predicted octanol–water partition coefficient (Wildman–Crippen LogP) is 2.85. The van der Waals surface area contributed by atoms with E-state index in [0.29, 0.717) is 11.3 Å². The summed E-state index contributed by atoms with van der Waals surface area (Å²) in [5.74, 6) is 0.188. The van der Waals surface area contributed by atoms with Crippen molar-refractivity contribution in [1.29, 1.82) is 0 Å². The Hall–Kier alpha value is -2.82. The molecule has 0 aromatic heterocycles. The maximum absolute atomic E-state index is 11.7. The van der Waals surface area contributed by atoms with Gasteiger partial charge in [-0.25, -0.2) is 4.79 Å². The van der Waals surface area contributed by atoms with Gasteiger partial charge in [-0.3, -0.25) is 0 Å². The summed E-state index contributed by atoms with van der Waals surface area (Å²) in [4.78, 5) is 16.5. The maximum Gasteiger partial charge on any atom is 0.372 e. The van der Waals surface area contributed by atoms with Crippen LogP contribution in [-0.2, 0) is 9.63 Å². The van der Waals surface area contributed by atoms with Crippen molar-refractivity contribution >= 4 is 11.8 Å². The first-order valence-corrected chi connectivity index (χ1v) is 7.26. The Labute approximate surface area is 135 Å². The molecule has 2 N–H and O–H groups in total. The van der Waals surface area contributed by atoms with E-state index < -0.39 is 5.97 Å². The number of benzene rings is 2. The van der Waals surface area contributed by atoms with E-state index in [0.717, 1.165) is 16.7 Å². The molecule has 120 valence electrons. The first-order chi connectivity index (χ1) is 11.0. The number of amidine groups is 1. The van der Waals surface area contributed by atoms with E-state index in [1.165, 1.54) is 0 Å². The Bertz CT molecular complexity index is 739. The van der Waals surface area contributed by atoms with Gasteiger partial charge in [-0.05, 0) is 44.0 Å². The van der Waals surface area contributed by atoms with E-state index in [1.807, 2.05) is 57.2 Å². The van der Waals surface area contributed by atoms with Crippen LogP contribution in [0.2, 0.25) is 0 Å². The second kappa shape index (κ2) is 7.45. The molecule has 0 unspecified atom stereocenters. The Morgan fingerprint density at radius 3 is 2.57 bits per heavy atom. The van der Waals surface area contributed by atoms with E-state index in [2.05, 4.69) is 5.16 Å². The van der Waals surface area contributed by atoms with Gasteiger partial charge >= 0.3 is 5.97 Å². The molecule has 0 heterocycles. The molecule has 0 atom stereocenters. The highest BCUT2D eigenvalue weighted by molar-refractivity contribution is 5.97. The number of rotatable bonds is 5. The van der Waals surface area contributed by atoms with Crippen molar-refractivity contribution in [2.75, 3.05) is 6.61 Å². The summed E-state index contributed by atoms with van der Waals surface area (Å²) < 4.78 is 5.45. The fourth-order valence-corrected chi connectivity index (χ4v) is 1.98. The van der Waals surface area contributed by atoms with Crippen molar-refractivity contribution in [2.24, 2.45) is 10.9 Å². The molecule has 2 rings (SSSR count). The van der Waals surface area contributed by atoms with Crippen LogP contribution in [0.3, 0.4) is 0 Å². The topological polar surface area (TPSA) is 73.9 Å². The predicted molar refractivity (Wildman–Crippen MR) is 89.4 cm³/mol. The number of hydrogen-bond acceptors (Lipinski definition) is 4. The molecule has 0 saturated carbocycles. The van der Waals surface area contributed by atoms with Gasteiger partial charge in [-0.2, -0.15) is 0 Å². The molecule has 0 radical (unpaired) electrons. The molecular formula is C18H20N2O3. The number of nitrogens with two attached hydrogens (primary N) is 1. The van der Waals surface area contributed by atoms with Crippen LogP contribution in [0, 0.1) is 20.8 Å². The number of carbonyl (C=O) groups is 1. The highest BCUT2D eigenvalue weighted by Crippen LogP contribution is 2.18. The minimum Gasteiger partial charge on any atom is -0.482 e. The third-order valence-electron chi connectivity index (χ3n) is 3.25. The second-order valence-electron chi connectivity index (χ2n) is 5.37. The Balaban J connectivity index is 1.92. The van der Waals surface area contributed by atoms with Crippen molar-refractivity contribution in [3.63, 3.8) is 0 Å². The van der Waals surface area contributed by atoms with Gasteiger partial charge in [0.2, 0.25) is 0 Å². The van der Waals surface area contributed by atoms with Crippen molar-refractivity contribution in [2.45, 2.75) is 20.8 Å². The molecule has 5 heteroatoms. The van der Waals surface area contributed by atoms with Gasteiger partial charge in [0, 0.05) is 5.56 Å². The number of ether oxygens (including phenoxy) is 1. The average Bonchev–Trinajstić information content (AvgIpc) is 2.53. The second-order valence-corrected chi connectivity index (χ2v) is 5.37. The third kappa shape index (κ3) is 4.85. The smallest absolute Gasteiger partial charge is 0.372 e. The van der Waals surface area contributed by atoms with E-state index >= 15 is 0 Å². The highest BCUT2D eigenvalue weighted by atomic mass is 16.7. The van der Waals surface area contributed by atoms with E-state index in [-0.39, 0.29) is 12.4 Å². The van der Waals surface area contributed by atoms with Crippen LogP contribution in [0.5, 0.6) is 5.75 Å². The van der Waals surface area contributed by atoms with Crippen LogP contribution in [-0.4, -0.2) is 18.4 Å². The minimum absolute atomic E-state index is 0.147. The van der Waals surface area contributed by atoms with Gasteiger partial charge in [-0.15, -0.1) is 0 Å². The van der Waals surface area contributed by atoms with Gasteiger partial charge in [0.15, 0.2) is 12.4 Å². The summed E-state index contributed by atoms with van der Waals surface area (Å²) in [6, 6.07) is 13.2. The molecule has 0 amide bonds. The highest BCUT2D eigenvalue weighted by Gasteiger charge is 2.07. The lowest BCUT2D eigenvalue weighted by Crippen LogP contribution is -2.18. The van der Waals surface area contributed by atoms with Crippen LogP contribution in [0.1, 0.15) is 22.3 Å². The van der Waals surface area contributed by atoms with Gasteiger partial charge in [0.25, 0.3) is 0 Å². The molecule has 5 nitrogen and oxygen atoms in total. The zero-order chi connectivity index (χ0) is 16.8. The van der Waals surface area contributed by atoms with Crippen molar-refractivity contribution in [1.82, 2.24) is 0 Å².